The lowest BCUT2D eigenvalue weighted by atomic mass is 9.48. The van der Waals surface area contributed by atoms with E-state index in [1.54, 1.807) is 0 Å². The topological polar surface area (TPSA) is 31.2 Å². The van der Waals surface area contributed by atoms with Crippen LogP contribution < -0.4 is 9.80 Å². The Hall–Kier alpha value is -1.46. The quantitative estimate of drug-likeness (QED) is 0.166. The number of alkyl halides is 4. The van der Waals surface area contributed by atoms with Crippen molar-refractivity contribution in [3.05, 3.63) is 59.7 Å². The van der Waals surface area contributed by atoms with Crippen molar-refractivity contribution >= 4 is 70.2 Å². The van der Waals surface area contributed by atoms with Gasteiger partial charge in [-0.1, -0.05) is 52.0 Å². The van der Waals surface area contributed by atoms with Gasteiger partial charge >= 0.3 is 0 Å². The number of halogens is 4. The Bertz CT molecular complexity index is 941. The summed E-state index contributed by atoms with van der Waals surface area (Å²) in [6.45, 7) is 12.2. The van der Waals surface area contributed by atoms with Gasteiger partial charge in [0.2, 0.25) is 0 Å². The summed E-state index contributed by atoms with van der Waals surface area (Å²) in [4.78, 5) is 14.5. The third-order valence-electron chi connectivity index (χ3n) is 7.50. The van der Waals surface area contributed by atoms with Gasteiger partial charge in [-0.25, -0.2) is 0 Å². The number of rotatable bonds is 14. The lowest BCUT2D eigenvalue weighted by Gasteiger charge is -2.60. The lowest BCUT2D eigenvalue weighted by molar-refractivity contribution is -0.0463. The number of hydrogen-bond donors (Lipinski definition) is 0. The van der Waals surface area contributed by atoms with Gasteiger partial charge in [0.25, 0.3) is 0 Å². The van der Waals surface area contributed by atoms with Gasteiger partial charge in [-0.05, 0) is 35.4 Å². The van der Waals surface area contributed by atoms with E-state index in [0.717, 1.165) is 48.7 Å². The van der Waals surface area contributed by atoms with Gasteiger partial charge < -0.3 is 9.80 Å². The smallest absolute Gasteiger partial charge is 0.0642 e. The average Bonchev–Trinajstić information content (AvgIpc) is 2.89. The molecule has 208 valence electrons. The number of hydrogen-bond acceptors (Lipinski definition) is 4. The van der Waals surface area contributed by atoms with E-state index in [-0.39, 0.29) is 22.9 Å². The van der Waals surface area contributed by atoms with Crippen LogP contribution in [0.25, 0.3) is 0 Å². The Kier molecular flexibility index (Phi) is 11.7. The molecule has 3 rings (SSSR count). The van der Waals surface area contributed by atoms with Gasteiger partial charge in [0, 0.05) is 84.3 Å². The average molecular weight is 598 g/mol. The van der Waals surface area contributed by atoms with Crippen LogP contribution >= 0.6 is 46.4 Å². The number of aliphatic imine (C=N–C) groups is 2. The maximum Gasteiger partial charge on any atom is 0.0642 e. The molecule has 0 aliphatic heterocycles. The van der Waals surface area contributed by atoms with Crippen molar-refractivity contribution in [2.75, 3.05) is 59.5 Å². The van der Waals surface area contributed by atoms with E-state index < -0.39 is 0 Å². The second-order valence-electron chi connectivity index (χ2n) is 10.9. The van der Waals surface area contributed by atoms with Gasteiger partial charge in [0.1, 0.15) is 0 Å². The van der Waals surface area contributed by atoms with E-state index in [1.165, 1.54) is 0 Å². The van der Waals surface area contributed by atoms with E-state index in [0.29, 0.717) is 23.5 Å². The highest BCUT2D eigenvalue weighted by atomic mass is 35.5. The fourth-order valence-corrected chi connectivity index (χ4v) is 6.72. The molecule has 0 N–H and O–H groups in total. The summed E-state index contributed by atoms with van der Waals surface area (Å²) in [6.07, 6.45) is 4.00. The van der Waals surface area contributed by atoms with Crippen molar-refractivity contribution in [3.8, 4) is 0 Å². The summed E-state index contributed by atoms with van der Waals surface area (Å²) in [7, 11) is 0. The van der Waals surface area contributed by atoms with Gasteiger partial charge in [0.15, 0.2) is 0 Å². The highest BCUT2D eigenvalue weighted by molar-refractivity contribution is 6.19. The van der Waals surface area contributed by atoms with E-state index in [2.05, 4.69) is 86.0 Å². The van der Waals surface area contributed by atoms with Crippen molar-refractivity contribution in [1.82, 2.24) is 0 Å². The van der Waals surface area contributed by atoms with Crippen LogP contribution in [0.5, 0.6) is 0 Å². The molecule has 0 saturated heterocycles. The molecule has 1 aliphatic rings. The van der Waals surface area contributed by atoms with Crippen LogP contribution in [0, 0.1) is 10.8 Å². The molecule has 8 heteroatoms. The number of nitrogens with zero attached hydrogens (tertiary/aromatic N) is 4. The van der Waals surface area contributed by atoms with E-state index in [9.17, 15) is 0 Å². The third-order valence-corrected chi connectivity index (χ3v) is 8.17. The molecule has 0 heterocycles. The fraction of sp³-hybridized carbons (Fsp3) is 0.533. The predicted octanol–water partition coefficient (Wildman–Crippen LogP) is 7.60. The third kappa shape index (κ3) is 7.38. The summed E-state index contributed by atoms with van der Waals surface area (Å²) in [5.74, 6) is 2.29. The first-order chi connectivity index (χ1) is 18.2. The van der Waals surface area contributed by atoms with Gasteiger partial charge in [-0.3, -0.25) is 9.98 Å². The number of anilines is 2. The van der Waals surface area contributed by atoms with Crippen LogP contribution in [0.2, 0.25) is 0 Å². The summed E-state index contributed by atoms with van der Waals surface area (Å²) in [5, 5.41) is 0. The maximum absolute atomic E-state index is 5.96. The second-order valence-corrected chi connectivity index (χ2v) is 12.4. The molecule has 4 nitrogen and oxygen atoms in total. The molecule has 1 saturated carbocycles. The zero-order valence-corrected chi connectivity index (χ0v) is 25.9. The summed E-state index contributed by atoms with van der Waals surface area (Å²) < 4.78 is 0. The molecule has 0 aromatic heterocycles. The highest BCUT2D eigenvalue weighted by Gasteiger charge is 2.61. The molecule has 2 aromatic carbocycles. The summed E-state index contributed by atoms with van der Waals surface area (Å²) in [5.41, 5.74) is 4.32. The minimum atomic E-state index is -0.0502. The molecule has 0 bridgehead atoms. The molecule has 1 aliphatic carbocycles. The van der Waals surface area contributed by atoms with Crippen LogP contribution in [-0.4, -0.2) is 74.2 Å². The zero-order chi connectivity index (χ0) is 27.8. The van der Waals surface area contributed by atoms with Crippen molar-refractivity contribution in [3.63, 3.8) is 0 Å². The normalized spacial score (nSPS) is 20.1. The minimum Gasteiger partial charge on any atom is -0.369 e. The molecular weight excluding hydrogens is 558 g/mol. The molecule has 2 aromatic rings. The Balaban J connectivity index is 1.67. The molecule has 0 amide bonds. The van der Waals surface area contributed by atoms with Crippen molar-refractivity contribution < 1.29 is 0 Å². The number of benzene rings is 2. The first-order valence-corrected chi connectivity index (χ1v) is 15.3. The zero-order valence-electron chi connectivity index (χ0n) is 22.9. The fourth-order valence-electron chi connectivity index (χ4n) is 5.90. The molecule has 0 radical (unpaired) electrons. The first-order valence-electron chi connectivity index (χ1n) is 13.2. The largest absolute Gasteiger partial charge is 0.369 e. The Labute approximate surface area is 249 Å². The summed E-state index contributed by atoms with van der Waals surface area (Å²) in [6, 6.07) is 17.2. The van der Waals surface area contributed by atoms with Crippen LogP contribution in [0.4, 0.5) is 11.4 Å². The van der Waals surface area contributed by atoms with Crippen molar-refractivity contribution in [1.29, 1.82) is 0 Å². The maximum atomic E-state index is 5.96. The monoisotopic (exact) mass is 596 g/mol. The van der Waals surface area contributed by atoms with Crippen molar-refractivity contribution in [2.45, 2.75) is 39.8 Å². The van der Waals surface area contributed by atoms with Gasteiger partial charge in [-0.2, -0.15) is 0 Å². The van der Waals surface area contributed by atoms with Crippen LogP contribution in [0.3, 0.4) is 0 Å². The standard InChI is InChI=1S/C30H40Cl4N4/c1-29(2)27(35-21-23-5-9-25(10-6-23)37(17-13-31)18-14-32)30(3,4)28(29)36-22-24-7-11-26(12-8-24)38(19-15-33)20-16-34/h5-12,21-22,27-28H,13-20H2,1-4H3. The van der Waals surface area contributed by atoms with E-state index in [1.807, 2.05) is 12.4 Å². The SMILES string of the molecule is CC1(C)C(N=Cc2ccc(N(CCCl)CCCl)cc2)C(C)(C)C1N=Cc1ccc(N(CCCl)CCCl)cc1. The predicted molar refractivity (Wildman–Crippen MR) is 171 cm³/mol. The summed E-state index contributed by atoms with van der Waals surface area (Å²) >= 11 is 23.8. The van der Waals surface area contributed by atoms with Crippen molar-refractivity contribution in [2.24, 2.45) is 20.8 Å². The van der Waals surface area contributed by atoms with E-state index >= 15 is 0 Å². The molecule has 0 atom stereocenters. The molecule has 38 heavy (non-hydrogen) atoms. The Morgan fingerprint density at radius 1 is 0.579 bits per heavy atom. The van der Waals surface area contributed by atoms with Crippen LogP contribution in [0.15, 0.2) is 58.5 Å². The minimum absolute atomic E-state index is 0.0502. The van der Waals surface area contributed by atoms with Gasteiger partial charge in [0.05, 0.1) is 12.1 Å². The van der Waals surface area contributed by atoms with Crippen LogP contribution in [0.1, 0.15) is 38.8 Å². The second kappa shape index (κ2) is 14.3. The van der Waals surface area contributed by atoms with Gasteiger partial charge in [-0.15, -0.1) is 46.4 Å². The van der Waals surface area contributed by atoms with E-state index in [4.69, 9.17) is 56.4 Å². The Morgan fingerprint density at radius 3 is 1.13 bits per heavy atom. The molecule has 0 spiro atoms. The molecular formula is C30H40Cl4N4. The first kappa shape index (κ1) is 31.1. The lowest BCUT2D eigenvalue weighted by Crippen LogP contribution is -2.65. The molecule has 0 unspecified atom stereocenters. The Morgan fingerprint density at radius 2 is 0.868 bits per heavy atom. The highest BCUT2D eigenvalue weighted by Crippen LogP contribution is 2.57. The molecule has 1 fully saturated rings. The van der Waals surface area contributed by atoms with Crippen LogP contribution in [-0.2, 0) is 0 Å².